The van der Waals surface area contributed by atoms with Gasteiger partial charge in [0.1, 0.15) is 5.75 Å². The van der Waals surface area contributed by atoms with Crippen LogP contribution in [0.2, 0.25) is 5.02 Å². The number of carbonyl (C=O) groups excluding carboxylic acids is 1. The number of amides is 1. The van der Waals surface area contributed by atoms with Crippen LogP contribution >= 0.6 is 11.6 Å². The predicted octanol–water partition coefficient (Wildman–Crippen LogP) is 3.08. The summed E-state index contributed by atoms with van der Waals surface area (Å²) in [5, 5.41) is 3.41. The summed E-state index contributed by atoms with van der Waals surface area (Å²) in [5.74, 6) is 0.455. The SMILES string of the molecule is O=C(COc1cccc(Cl)c1)NCCc1ccccc1. The topological polar surface area (TPSA) is 38.3 Å². The van der Waals surface area contributed by atoms with Crippen LogP contribution in [0.5, 0.6) is 5.75 Å². The predicted molar refractivity (Wildman–Crippen MR) is 80.1 cm³/mol. The third kappa shape index (κ3) is 4.94. The van der Waals surface area contributed by atoms with Crippen molar-refractivity contribution in [2.24, 2.45) is 0 Å². The lowest BCUT2D eigenvalue weighted by Crippen LogP contribution is -2.30. The molecule has 0 spiro atoms. The molecule has 2 aromatic rings. The summed E-state index contributed by atoms with van der Waals surface area (Å²) in [6.45, 7) is 0.594. The minimum Gasteiger partial charge on any atom is -0.484 e. The van der Waals surface area contributed by atoms with Gasteiger partial charge in [0.2, 0.25) is 0 Å². The van der Waals surface area contributed by atoms with Crippen molar-refractivity contribution in [2.45, 2.75) is 6.42 Å². The Labute approximate surface area is 123 Å². The van der Waals surface area contributed by atoms with Crippen molar-refractivity contribution in [1.29, 1.82) is 0 Å². The third-order valence-corrected chi connectivity index (χ3v) is 2.98. The van der Waals surface area contributed by atoms with Gasteiger partial charge in [0.15, 0.2) is 6.61 Å². The molecule has 0 bridgehead atoms. The molecule has 3 nitrogen and oxygen atoms in total. The average Bonchev–Trinajstić information content (AvgIpc) is 2.46. The molecule has 20 heavy (non-hydrogen) atoms. The maximum Gasteiger partial charge on any atom is 0.257 e. The molecule has 104 valence electrons. The molecule has 0 atom stereocenters. The van der Waals surface area contributed by atoms with E-state index in [9.17, 15) is 4.79 Å². The van der Waals surface area contributed by atoms with E-state index in [0.717, 1.165) is 6.42 Å². The Bertz CT molecular complexity index is 557. The highest BCUT2D eigenvalue weighted by Gasteiger charge is 2.02. The molecule has 0 aromatic heterocycles. The van der Waals surface area contributed by atoms with Gasteiger partial charge in [0, 0.05) is 11.6 Å². The second-order valence-electron chi connectivity index (χ2n) is 4.33. The fourth-order valence-corrected chi connectivity index (χ4v) is 1.93. The first-order valence-electron chi connectivity index (χ1n) is 6.43. The fourth-order valence-electron chi connectivity index (χ4n) is 1.75. The van der Waals surface area contributed by atoms with Crippen LogP contribution in [-0.2, 0) is 11.2 Å². The summed E-state index contributed by atoms with van der Waals surface area (Å²) in [6.07, 6.45) is 0.809. The lowest BCUT2D eigenvalue weighted by Gasteiger charge is -2.07. The van der Waals surface area contributed by atoms with Crippen molar-refractivity contribution in [2.75, 3.05) is 13.2 Å². The zero-order valence-electron chi connectivity index (χ0n) is 11.0. The number of carbonyl (C=O) groups is 1. The van der Waals surface area contributed by atoms with E-state index in [1.807, 2.05) is 30.3 Å². The standard InChI is InChI=1S/C16H16ClNO2/c17-14-7-4-8-15(11-14)20-12-16(19)18-10-9-13-5-2-1-3-6-13/h1-8,11H,9-10,12H2,(H,18,19). The molecule has 0 radical (unpaired) electrons. The molecule has 2 aromatic carbocycles. The number of benzene rings is 2. The number of hydrogen-bond acceptors (Lipinski definition) is 2. The normalized spacial score (nSPS) is 10.1. The van der Waals surface area contributed by atoms with Crippen LogP contribution in [0.1, 0.15) is 5.56 Å². The van der Waals surface area contributed by atoms with E-state index in [4.69, 9.17) is 16.3 Å². The summed E-state index contributed by atoms with van der Waals surface area (Å²) < 4.78 is 5.35. The zero-order valence-corrected chi connectivity index (χ0v) is 11.8. The zero-order chi connectivity index (χ0) is 14.2. The molecular weight excluding hydrogens is 274 g/mol. The highest BCUT2D eigenvalue weighted by atomic mass is 35.5. The molecule has 0 fully saturated rings. The third-order valence-electron chi connectivity index (χ3n) is 2.74. The van der Waals surface area contributed by atoms with Gasteiger partial charge in [-0.25, -0.2) is 0 Å². The molecular formula is C16H16ClNO2. The maximum absolute atomic E-state index is 11.6. The van der Waals surface area contributed by atoms with Gasteiger partial charge in [0.05, 0.1) is 0 Å². The Morgan fingerprint density at radius 3 is 2.65 bits per heavy atom. The van der Waals surface area contributed by atoms with Gasteiger partial charge in [-0.15, -0.1) is 0 Å². The van der Waals surface area contributed by atoms with Crippen LogP contribution in [-0.4, -0.2) is 19.1 Å². The largest absolute Gasteiger partial charge is 0.484 e. The smallest absolute Gasteiger partial charge is 0.257 e. The quantitative estimate of drug-likeness (QED) is 0.887. The lowest BCUT2D eigenvalue weighted by molar-refractivity contribution is -0.123. The number of nitrogens with one attached hydrogen (secondary N) is 1. The Morgan fingerprint density at radius 2 is 1.90 bits per heavy atom. The van der Waals surface area contributed by atoms with Crippen molar-refractivity contribution in [1.82, 2.24) is 5.32 Å². The van der Waals surface area contributed by atoms with Crippen molar-refractivity contribution in [3.05, 3.63) is 65.2 Å². The van der Waals surface area contributed by atoms with Crippen molar-refractivity contribution >= 4 is 17.5 Å². The summed E-state index contributed by atoms with van der Waals surface area (Å²) in [5.41, 5.74) is 1.20. The van der Waals surface area contributed by atoms with E-state index >= 15 is 0 Å². The first kappa shape index (κ1) is 14.4. The number of hydrogen-bond donors (Lipinski definition) is 1. The minimum absolute atomic E-state index is 0.00483. The highest BCUT2D eigenvalue weighted by Crippen LogP contribution is 2.16. The van der Waals surface area contributed by atoms with E-state index in [1.54, 1.807) is 24.3 Å². The molecule has 4 heteroatoms. The summed E-state index contributed by atoms with van der Waals surface area (Å²) in [7, 11) is 0. The van der Waals surface area contributed by atoms with Gasteiger partial charge >= 0.3 is 0 Å². The first-order chi connectivity index (χ1) is 9.74. The Balaban J connectivity index is 1.68. The van der Waals surface area contributed by atoms with Crippen LogP contribution in [0.3, 0.4) is 0 Å². The molecule has 0 unspecified atom stereocenters. The van der Waals surface area contributed by atoms with Crippen LogP contribution in [0.25, 0.3) is 0 Å². The maximum atomic E-state index is 11.6. The molecule has 0 aliphatic carbocycles. The van der Waals surface area contributed by atoms with Crippen molar-refractivity contribution in [3.63, 3.8) is 0 Å². The van der Waals surface area contributed by atoms with Gasteiger partial charge < -0.3 is 10.1 Å². The summed E-state index contributed by atoms with van der Waals surface area (Å²) >= 11 is 5.83. The number of ether oxygens (including phenoxy) is 1. The second-order valence-corrected chi connectivity index (χ2v) is 4.77. The second kappa shape index (κ2) is 7.56. The lowest BCUT2D eigenvalue weighted by atomic mass is 10.1. The molecule has 0 saturated heterocycles. The number of halogens is 1. The molecule has 2 rings (SSSR count). The highest BCUT2D eigenvalue weighted by molar-refractivity contribution is 6.30. The van der Waals surface area contributed by atoms with Crippen LogP contribution in [0.4, 0.5) is 0 Å². The Kier molecular flexibility index (Phi) is 5.44. The van der Waals surface area contributed by atoms with E-state index < -0.39 is 0 Å². The van der Waals surface area contributed by atoms with Crippen LogP contribution < -0.4 is 10.1 Å². The number of rotatable bonds is 6. The average molecular weight is 290 g/mol. The summed E-state index contributed by atoms with van der Waals surface area (Å²) in [4.78, 5) is 11.6. The minimum atomic E-state index is -0.138. The van der Waals surface area contributed by atoms with Gasteiger partial charge in [-0.1, -0.05) is 48.0 Å². The molecule has 0 aliphatic heterocycles. The molecule has 0 saturated carbocycles. The monoisotopic (exact) mass is 289 g/mol. The van der Waals surface area contributed by atoms with E-state index in [-0.39, 0.29) is 12.5 Å². The molecule has 0 aliphatic rings. The van der Waals surface area contributed by atoms with Gasteiger partial charge in [-0.05, 0) is 30.2 Å². The van der Waals surface area contributed by atoms with Crippen LogP contribution in [0.15, 0.2) is 54.6 Å². The van der Waals surface area contributed by atoms with Gasteiger partial charge in [-0.2, -0.15) is 0 Å². The van der Waals surface area contributed by atoms with Crippen molar-refractivity contribution < 1.29 is 9.53 Å². The molecule has 1 N–H and O–H groups in total. The van der Waals surface area contributed by atoms with E-state index in [0.29, 0.717) is 17.3 Å². The van der Waals surface area contributed by atoms with E-state index in [2.05, 4.69) is 5.32 Å². The van der Waals surface area contributed by atoms with Crippen LogP contribution in [0, 0.1) is 0 Å². The Hall–Kier alpha value is -2.00. The van der Waals surface area contributed by atoms with E-state index in [1.165, 1.54) is 5.56 Å². The van der Waals surface area contributed by atoms with Crippen molar-refractivity contribution in [3.8, 4) is 5.75 Å². The molecule has 0 heterocycles. The fraction of sp³-hybridized carbons (Fsp3) is 0.188. The first-order valence-corrected chi connectivity index (χ1v) is 6.81. The summed E-state index contributed by atoms with van der Waals surface area (Å²) in [6, 6.07) is 17.0. The molecule has 1 amide bonds. The Morgan fingerprint density at radius 1 is 1.10 bits per heavy atom. The van der Waals surface area contributed by atoms with Gasteiger partial charge in [0.25, 0.3) is 5.91 Å². The van der Waals surface area contributed by atoms with Gasteiger partial charge in [-0.3, -0.25) is 4.79 Å².